The zero-order valence-electron chi connectivity index (χ0n) is 16.1. The lowest BCUT2D eigenvalue weighted by atomic mass is 9.93. The highest BCUT2D eigenvalue weighted by Gasteiger charge is 2.31. The fraction of sp³-hybridized carbons (Fsp3) is 0.545. The molecule has 1 aliphatic carbocycles. The minimum Gasteiger partial charge on any atom is -0.379 e. The smallest absolute Gasteiger partial charge is 0.234 e. The van der Waals surface area contributed by atoms with Gasteiger partial charge in [0.05, 0.1) is 31.3 Å². The number of hydrogen-bond donors (Lipinski definition) is 1. The quantitative estimate of drug-likeness (QED) is 0.853. The third kappa shape index (κ3) is 4.30. The number of aromatic nitrogens is 1. The highest BCUT2D eigenvalue weighted by atomic mass is 16.5. The fourth-order valence-corrected chi connectivity index (χ4v) is 4.53. The summed E-state index contributed by atoms with van der Waals surface area (Å²) in [6.45, 7) is 1.78. The van der Waals surface area contributed by atoms with Crippen molar-refractivity contribution >= 4 is 16.8 Å². The molecule has 2 aromatic rings. The topological polar surface area (TPSA) is 54.5 Å². The van der Waals surface area contributed by atoms with E-state index in [0.29, 0.717) is 31.7 Å². The van der Waals surface area contributed by atoms with Crippen molar-refractivity contribution < 1.29 is 9.53 Å². The molecule has 1 aliphatic heterocycles. The molecule has 5 nitrogen and oxygen atoms in total. The molecule has 1 saturated carbocycles. The van der Waals surface area contributed by atoms with Crippen molar-refractivity contribution in [2.45, 2.75) is 44.2 Å². The van der Waals surface area contributed by atoms with Crippen LogP contribution in [0.5, 0.6) is 0 Å². The van der Waals surface area contributed by atoms with E-state index < -0.39 is 0 Å². The van der Waals surface area contributed by atoms with Crippen LogP contribution in [0.1, 0.15) is 31.2 Å². The number of ether oxygens (including phenoxy) is 1. The first kappa shape index (κ1) is 18.4. The van der Waals surface area contributed by atoms with E-state index in [9.17, 15) is 4.79 Å². The average Bonchev–Trinajstić information content (AvgIpc) is 3.35. The van der Waals surface area contributed by atoms with E-state index in [1.54, 1.807) is 0 Å². The molecule has 2 heterocycles. The second kappa shape index (κ2) is 8.36. The summed E-state index contributed by atoms with van der Waals surface area (Å²) in [5.41, 5.74) is 2.30. The first-order chi connectivity index (χ1) is 13.2. The molecule has 2 aliphatic rings. The Balaban J connectivity index is 1.38. The molecule has 2 fully saturated rings. The summed E-state index contributed by atoms with van der Waals surface area (Å²) in [5, 5.41) is 4.42. The van der Waals surface area contributed by atoms with Gasteiger partial charge in [0.25, 0.3) is 0 Å². The van der Waals surface area contributed by atoms with E-state index in [0.717, 1.165) is 11.9 Å². The van der Waals surface area contributed by atoms with Crippen LogP contribution >= 0.6 is 0 Å². The van der Waals surface area contributed by atoms with Crippen molar-refractivity contribution in [1.29, 1.82) is 0 Å². The van der Waals surface area contributed by atoms with Gasteiger partial charge in [-0.3, -0.25) is 14.7 Å². The van der Waals surface area contributed by atoms with Gasteiger partial charge in [-0.1, -0.05) is 31.0 Å². The number of para-hydroxylation sites is 1. The van der Waals surface area contributed by atoms with Gasteiger partial charge < -0.3 is 10.1 Å². The normalized spacial score (nSPS) is 23.3. The monoisotopic (exact) mass is 367 g/mol. The predicted molar refractivity (Wildman–Crippen MR) is 107 cm³/mol. The van der Waals surface area contributed by atoms with E-state index in [2.05, 4.69) is 40.4 Å². The molecule has 1 amide bonds. The third-order valence-corrected chi connectivity index (χ3v) is 6.11. The van der Waals surface area contributed by atoms with E-state index in [-0.39, 0.29) is 11.9 Å². The van der Waals surface area contributed by atoms with Crippen molar-refractivity contribution in [2.24, 2.45) is 5.92 Å². The summed E-state index contributed by atoms with van der Waals surface area (Å²) >= 11 is 0. The molecule has 1 saturated heterocycles. The number of fused-ring (bicyclic) bond motifs is 1. The van der Waals surface area contributed by atoms with Crippen molar-refractivity contribution in [2.75, 3.05) is 26.8 Å². The van der Waals surface area contributed by atoms with Gasteiger partial charge in [-0.05, 0) is 44.0 Å². The van der Waals surface area contributed by atoms with Crippen molar-refractivity contribution in [1.82, 2.24) is 15.2 Å². The molecule has 1 N–H and O–H groups in total. The molecule has 27 heavy (non-hydrogen) atoms. The zero-order valence-corrected chi connectivity index (χ0v) is 16.1. The number of likely N-dealkylation sites (N-methyl/N-ethyl adjacent to an activating group) is 1. The van der Waals surface area contributed by atoms with Gasteiger partial charge in [0.15, 0.2) is 0 Å². The first-order valence-corrected chi connectivity index (χ1v) is 10.1. The van der Waals surface area contributed by atoms with Crippen LogP contribution in [-0.4, -0.2) is 54.7 Å². The number of pyridine rings is 1. The van der Waals surface area contributed by atoms with E-state index in [4.69, 9.17) is 4.74 Å². The van der Waals surface area contributed by atoms with Crippen LogP contribution in [0, 0.1) is 5.92 Å². The van der Waals surface area contributed by atoms with Gasteiger partial charge in [-0.15, -0.1) is 0 Å². The Bertz CT molecular complexity index is 783. The Morgan fingerprint density at radius 1 is 1.22 bits per heavy atom. The highest BCUT2D eigenvalue weighted by Crippen LogP contribution is 2.25. The van der Waals surface area contributed by atoms with Gasteiger partial charge in [0.1, 0.15) is 0 Å². The standard InChI is InChI=1S/C22H29N3O2/c1-25(18-6-2-3-7-18)13-22(26)24-21-15-27-14-17(21)12-16-10-11-23-20-9-5-4-8-19(16)20/h4-5,8-11,17-18,21H,2-3,6-7,12-15H2,1H3,(H,24,26)/t17-,21+/m1/s1. The summed E-state index contributed by atoms with van der Waals surface area (Å²) in [6, 6.07) is 11.0. The number of nitrogens with one attached hydrogen (secondary N) is 1. The maximum atomic E-state index is 12.6. The second-order valence-corrected chi connectivity index (χ2v) is 8.02. The number of carbonyl (C=O) groups excluding carboxylic acids is 1. The second-order valence-electron chi connectivity index (χ2n) is 8.02. The van der Waals surface area contributed by atoms with Crippen LogP contribution in [0.15, 0.2) is 36.5 Å². The fourth-order valence-electron chi connectivity index (χ4n) is 4.53. The Labute approximate surface area is 161 Å². The zero-order chi connectivity index (χ0) is 18.6. The van der Waals surface area contributed by atoms with Crippen LogP contribution in [-0.2, 0) is 16.0 Å². The number of hydrogen-bond acceptors (Lipinski definition) is 4. The average molecular weight is 367 g/mol. The molecular weight excluding hydrogens is 338 g/mol. The molecule has 2 atom stereocenters. The third-order valence-electron chi connectivity index (χ3n) is 6.11. The minimum atomic E-state index is 0.0846. The molecule has 144 valence electrons. The summed E-state index contributed by atoms with van der Waals surface area (Å²) in [6.07, 6.45) is 7.77. The molecule has 1 aromatic carbocycles. The SMILES string of the molecule is CN(CC(=O)N[C@H]1COC[C@H]1Cc1ccnc2ccccc12)C1CCCC1. The molecule has 1 aromatic heterocycles. The summed E-state index contributed by atoms with van der Waals surface area (Å²) < 4.78 is 5.72. The lowest BCUT2D eigenvalue weighted by molar-refractivity contribution is -0.123. The van der Waals surface area contributed by atoms with Crippen LogP contribution in [0.4, 0.5) is 0 Å². The molecule has 0 bridgehead atoms. The molecular formula is C22H29N3O2. The Morgan fingerprint density at radius 3 is 2.89 bits per heavy atom. The number of nitrogens with zero attached hydrogens (tertiary/aromatic N) is 2. The highest BCUT2D eigenvalue weighted by molar-refractivity contribution is 5.82. The summed E-state index contributed by atoms with van der Waals surface area (Å²) in [4.78, 5) is 19.2. The van der Waals surface area contributed by atoms with Gasteiger partial charge in [-0.2, -0.15) is 0 Å². The van der Waals surface area contributed by atoms with Crippen LogP contribution in [0.25, 0.3) is 10.9 Å². The molecule has 5 heteroatoms. The molecule has 0 unspecified atom stereocenters. The predicted octanol–water partition coefficient (Wildman–Crippen LogP) is 2.78. The van der Waals surface area contributed by atoms with Crippen LogP contribution in [0.2, 0.25) is 0 Å². The van der Waals surface area contributed by atoms with Gasteiger partial charge in [0.2, 0.25) is 5.91 Å². The number of amides is 1. The van der Waals surface area contributed by atoms with E-state index in [1.807, 2.05) is 18.3 Å². The lowest BCUT2D eigenvalue weighted by Crippen LogP contribution is -2.46. The summed E-state index contributed by atoms with van der Waals surface area (Å²) in [5.74, 6) is 0.418. The molecule has 0 radical (unpaired) electrons. The number of carbonyl (C=O) groups is 1. The lowest BCUT2D eigenvalue weighted by Gasteiger charge is -2.25. The van der Waals surface area contributed by atoms with E-state index >= 15 is 0 Å². The van der Waals surface area contributed by atoms with E-state index in [1.165, 1.54) is 36.6 Å². The molecule has 0 spiro atoms. The maximum Gasteiger partial charge on any atom is 0.234 e. The Kier molecular flexibility index (Phi) is 5.69. The van der Waals surface area contributed by atoms with Crippen molar-refractivity contribution in [3.8, 4) is 0 Å². The Hall–Kier alpha value is -1.98. The van der Waals surface area contributed by atoms with Crippen LogP contribution < -0.4 is 5.32 Å². The van der Waals surface area contributed by atoms with Crippen molar-refractivity contribution in [3.05, 3.63) is 42.1 Å². The van der Waals surface area contributed by atoms with Gasteiger partial charge >= 0.3 is 0 Å². The first-order valence-electron chi connectivity index (χ1n) is 10.1. The molecule has 4 rings (SSSR count). The van der Waals surface area contributed by atoms with Crippen LogP contribution in [0.3, 0.4) is 0 Å². The Morgan fingerprint density at radius 2 is 2.04 bits per heavy atom. The van der Waals surface area contributed by atoms with Crippen molar-refractivity contribution in [3.63, 3.8) is 0 Å². The number of benzene rings is 1. The van der Waals surface area contributed by atoms with Gasteiger partial charge in [-0.25, -0.2) is 0 Å². The number of rotatable bonds is 6. The minimum absolute atomic E-state index is 0.0846. The maximum absolute atomic E-state index is 12.6. The van der Waals surface area contributed by atoms with Gasteiger partial charge in [0, 0.05) is 23.5 Å². The summed E-state index contributed by atoms with van der Waals surface area (Å²) in [7, 11) is 2.07. The largest absolute Gasteiger partial charge is 0.379 e.